The fourth-order valence-corrected chi connectivity index (χ4v) is 3.36. The van der Waals surface area contributed by atoms with Crippen molar-refractivity contribution < 1.29 is 9.53 Å². The summed E-state index contributed by atoms with van der Waals surface area (Å²) in [4.78, 5) is 20.3. The lowest BCUT2D eigenvalue weighted by molar-refractivity contribution is 0.0938. The summed E-state index contributed by atoms with van der Waals surface area (Å²) in [7, 11) is 0. The maximum Gasteiger partial charge on any atom is 0.251 e. The molecule has 3 heterocycles. The highest BCUT2D eigenvalue weighted by molar-refractivity contribution is 5.94. The Morgan fingerprint density at radius 1 is 1.25 bits per heavy atom. The summed E-state index contributed by atoms with van der Waals surface area (Å²) in [5, 5.41) is 4.16. The van der Waals surface area contributed by atoms with Gasteiger partial charge in [0, 0.05) is 42.0 Å². The first-order valence-corrected chi connectivity index (χ1v) is 8.12. The molecule has 0 aliphatic carbocycles. The van der Waals surface area contributed by atoms with Gasteiger partial charge in [-0.3, -0.25) is 9.78 Å². The number of fused-ring (bicyclic) bond motifs is 1. The van der Waals surface area contributed by atoms with Gasteiger partial charge in [0.15, 0.2) is 0 Å². The van der Waals surface area contributed by atoms with E-state index in [1.54, 1.807) is 0 Å². The van der Waals surface area contributed by atoms with Crippen LogP contribution in [0.5, 0.6) is 0 Å². The van der Waals surface area contributed by atoms with E-state index in [4.69, 9.17) is 4.74 Å². The molecule has 0 radical (unpaired) electrons. The zero-order chi connectivity index (χ0) is 16.4. The number of pyridine rings is 1. The standard InChI is InChI=1S/C19H19N3O2/c23-18(14-4-2-1-3-5-14)22-12-19(8-11-24-13-19)17-15-6-9-20-16(15)7-10-21-17/h1-7,9-10,20H,8,11-13H2,(H,22,23). The predicted molar refractivity (Wildman–Crippen MR) is 92.0 cm³/mol. The molecule has 3 aromatic rings. The second-order valence-electron chi connectivity index (χ2n) is 6.23. The van der Waals surface area contributed by atoms with Gasteiger partial charge in [0.1, 0.15) is 0 Å². The molecule has 5 heteroatoms. The largest absolute Gasteiger partial charge is 0.380 e. The number of ether oxygens (including phenoxy) is 1. The number of hydrogen-bond acceptors (Lipinski definition) is 3. The van der Waals surface area contributed by atoms with Crippen molar-refractivity contribution in [2.24, 2.45) is 0 Å². The molecule has 5 nitrogen and oxygen atoms in total. The highest BCUT2D eigenvalue weighted by Crippen LogP contribution is 2.35. The molecule has 2 aromatic heterocycles. The van der Waals surface area contributed by atoms with Crippen LogP contribution in [-0.4, -0.2) is 35.6 Å². The number of hydrogen-bond donors (Lipinski definition) is 2. The van der Waals surface area contributed by atoms with E-state index in [0.717, 1.165) is 23.0 Å². The minimum atomic E-state index is -0.286. The number of H-pyrrole nitrogens is 1. The summed E-state index contributed by atoms with van der Waals surface area (Å²) in [5.41, 5.74) is 2.43. The van der Waals surface area contributed by atoms with Crippen LogP contribution in [0.15, 0.2) is 54.9 Å². The Hall–Kier alpha value is -2.66. The van der Waals surface area contributed by atoms with E-state index in [1.807, 2.05) is 54.9 Å². The second-order valence-corrected chi connectivity index (χ2v) is 6.23. The van der Waals surface area contributed by atoms with Crippen LogP contribution in [0, 0.1) is 0 Å². The van der Waals surface area contributed by atoms with Crippen molar-refractivity contribution in [2.45, 2.75) is 11.8 Å². The summed E-state index contributed by atoms with van der Waals surface area (Å²) >= 11 is 0. The van der Waals surface area contributed by atoms with Crippen LogP contribution in [0.25, 0.3) is 10.9 Å². The number of nitrogens with one attached hydrogen (secondary N) is 2. The predicted octanol–water partition coefficient (Wildman–Crippen LogP) is 2.65. The van der Waals surface area contributed by atoms with Crippen LogP contribution in [0.3, 0.4) is 0 Å². The topological polar surface area (TPSA) is 67.0 Å². The molecule has 0 spiro atoms. The van der Waals surface area contributed by atoms with Crippen LogP contribution >= 0.6 is 0 Å². The molecule has 1 atom stereocenters. The quantitative estimate of drug-likeness (QED) is 0.776. The third-order valence-electron chi connectivity index (χ3n) is 4.71. The average Bonchev–Trinajstić information content (AvgIpc) is 3.30. The first-order chi connectivity index (χ1) is 11.8. The van der Waals surface area contributed by atoms with Gasteiger partial charge < -0.3 is 15.0 Å². The zero-order valence-electron chi connectivity index (χ0n) is 13.3. The lowest BCUT2D eigenvalue weighted by atomic mass is 9.81. The van der Waals surface area contributed by atoms with Gasteiger partial charge in [-0.15, -0.1) is 0 Å². The fourth-order valence-electron chi connectivity index (χ4n) is 3.36. The monoisotopic (exact) mass is 321 g/mol. The van der Waals surface area contributed by atoms with Gasteiger partial charge in [0.25, 0.3) is 5.91 Å². The molecule has 1 unspecified atom stereocenters. The molecule has 1 fully saturated rings. The molecule has 0 saturated carbocycles. The summed E-state index contributed by atoms with van der Waals surface area (Å²) < 4.78 is 5.68. The van der Waals surface area contributed by atoms with E-state index in [1.165, 1.54) is 0 Å². The molecule has 1 aliphatic heterocycles. The molecule has 1 amide bonds. The Morgan fingerprint density at radius 2 is 2.12 bits per heavy atom. The van der Waals surface area contributed by atoms with Crippen LogP contribution in [0.2, 0.25) is 0 Å². The summed E-state index contributed by atoms with van der Waals surface area (Å²) in [5.74, 6) is -0.0666. The van der Waals surface area contributed by atoms with Gasteiger partial charge in [-0.2, -0.15) is 0 Å². The van der Waals surface area contributed by atoms with Crippen molar-refractivity contribution in [2.75, 3.05) is 19.8 Å². The van der Waals surface area contributed by atoms with E-state index >= 15 is 0 Å². The number of aromatic nitrogens is 2. The molecule has 1 saturated heterocycles. The first kappa shape index (κ1) is 14.9. The van der Waals surface area contributed by atoms with Crippen LogP contribution < -0.4 is 5.32 Å². The number of benzene rings is 1. The minimum Gasteiger partial charge on any atom is -0.380 e. The Morgan fingerprint density at radius 3 is 2.92 bits per heavy atom. The van der Waals surface area contributed by atoms with Crippen molar-refractivity contribution in [3.63, 3.8) is 0 Å². The molecule has 122 valence electrons. The summed E-state index contributed by atoms with van der Waals surface area (Å²) in [6.07, 6.45) is 4.58. The molecular formula is C19H19N3O2. The molecular weight excluding hydrogens is 302 g/mol. The number of amides is 1. The molecule has 24 heavy (non-hydrogen) atoms. The summed E-state index contributed by atoms with van der Waals surface area (Å²) in [6.45, 7) is 1.76. The van der Waals surface area contributed by atoms with Crippen molar-refractivity contribution in [3.8, 4) is 0 Å². The Labute approximate surface area is 140 Å². The van der Waals surface area contributed by atoms with Crippen molar-refractivity contribution >= 4 is 16.8 Å². The normalized spacial score (nSPS) is 20.3. The number of nitrogens with zero attached hydrogens (tertiary/aromatic N) is 1. The van der Waals surface area contributed by atoms with Crippen molar-refractivity contribution in [1.82, 2.24) is 15.3 Å². The number of carbonyl (C=O) groups is 1. The van der Waals surface area contributed by atoms with E-state index in [-0.39, 0.29) is 11.3 Å². The SMILES string of the molecule is O=C(NCC1(c2nccc3[nH]ccc23)CCOC1)c1ccccc1. The third-order valence-corrected chi connectivity index (χ3v) is 4.71. The molecule has 1 aromatic carbocycles. The zero-order valence-corrected chi connectivity index (χ0v) is 13.3. The maximum absolute atomic E-state index is 12.4. The summed E-state index contributed by atoms with van der Waals surface area (Å²) in [6, 6.07) is 13.3. The van der Waals surface area contributed by atoms with Gasteiger partial charge in [-0.1, -0.05) is 18.2 Å². The van der Waals surface area contributed by atoms with Gasteiger partial charge in [0.2, 0.25) is 0 Å². The van der Waals surface area contributed by atoms with Crippen LogP contribution in [-0.2, 0) is 10.2 Å². The minimum absolute atomic E-state index is 0.0666. The number of carbonyl (C=O) groups excluding carboxylic acids is 1. The molecule has 1 aliphatic rings. The van der Waals surface area contributed by atoms with Crippen LogP contribution in [0.4, 0.5) is 0 Å². The third kappa shape index (κ3) is 2.57. The lowest BCUT2D eigenvalue weighted by Gasteiger charge is -2.27. The molecule has 2 N–H and O–H groups in total. The Bertz CT molecular complexity index is 851. The Balaban J connectivity index is 1.62. The first-order valence-electron chi connectivity index (χ1n) is 8.12. The van der Waals surface area contributed by atoms with E-state index in [9.17, 15) is 4.79 Å². The van der Waals surface area contributed by atoms with E-state index < -0.39 is 0 Å². The van der Waals surface area contributed by atoms with Gasteiger partial charge in [0.05, 0.1) is 17.7 Å². The van der Waals surface area contributed by atoms with Crippen LogP contribution in [0.1, 0.15) is 22.5 Å². The van der Waals surface area contributed by atoms with Crippen molar-refractivity contribution in [1.29, 1.82) is 0 Å². The van der Waals surface area contributed by atoms with Gasteiger partial charge in [-0.25, -0.2) is 0 Å². The van der Waals surface area contributed by atoms with E-state index in [2.05, 4.69) is 15.3 Å². The lowest BCUT2D eigenvalue weighted by Crippen LogP contribution is -2.42. The van der Waals surface area contributed by atoms with E-state index in [0.29, 0.717) is 25.3 Å². The highest BCUT2D eigenvalue weighted by Gasteiger charge is 2.39. The fraction of sp³-hybridized carbons (Fsp3) is 0.263. The van der Waals surface area contributed by atoms with Crippen molar-refractivity contribution in [3.05, 3.63) is 66.1 Å². The molecule has 4 rings (SSSR count). The Kier molecular flexibility index (Phi) is 3.78. The van der Waals surface area contributed by atoms with Gasteiger partial charge >= 0.3 is 0 Å². The number of aromatic amines is 1. The second kappa shape index (κ2) is 6.09. The maximum atomic E-state index is 12.4. The number of rotatable bonds is 4. The average molecular weight is 321 g/mol. The van der Waals surface area contributed by atoms with Gasteiger partial charge in [-0.05, 0) is 30.7 Å². The highest BCUT2D eigenvalue weighted by atomic mass is 16.5. The molecule has 0 bridgehead atoms. The smallest absolute Gasteiger partial charge is 0.251 e.